The van der Waals surface area contributed by atoms with Crippen LogP contribution in [0.25, 0.3) is 0 Å². The van der Waals surface area contributed by atoms with Crippen LogP contribution in [0.2, 0.25) is 0 Å². The van der Waals surface area contributed by atoms with E-state index >= 15 is 0 Å². The van der Waals surface area contributed by atoms with Gasteiger partial charge in [0.05, 0.1) is 6.04 Å². The summed E-state index contributed by atoms with van der Waals surface area (Å²) < 4.78 is 0. The molecule has 2 aromatic rings. The predicted molar refractivity (Wildman–Crippen MR) is 94.4 cm³/mol. The fourth-order valence-electron chi connectivity index (χ4n) is 2.99. The minimum Gasteiger partial charge on any atom is -0.508 e. The number of amides is 2. The van der Waals surface area contributed by atoms with Gasteiger partial charge in [-0.05, 0) is 36.6 Å². The molecule has 0 radical (unpaired) electrons. The molecular formula is C18H22N4O2. The Labute approximate surface area is 141 Å². The second-order valence-corrected chi connectivity index (χ2v) is 6.17. The molecule has 1 atom stereocenters. The van der Waals surface area contributed by atoms with Crippen LogP contribution in [-0.2, 0) is 0 Å². The first kappa shape index (κ1) is 16.1. The Morgan fingerprint density at radius 3 is 2.75 bits per heavy atom. The molecule has 0 aliphatic carbocycles. The number of benzene rings is 1. The van der Waals surface area contributed by atoms with Crippen molar-refractivity contribution in [1.29, 1.82) is 0 Å². The van der Waals surface area contributed by atoms with Crippen molar-refractivity contribution >= 4 is 17.5 Å². The van der Waals surface area contributed by atoms with E-state index in [1.807, 2.05) is 42.1 Å². The van der Waals surface area contributed by atoms with Crippen LogP contribution in [-0.4, -0.2) is 41.7 Å². The van der Waals surface area contributed by atoms with Gasteiger partial charge in [0.2, 0.25) is 0 Å². The van der Waals surface area contributed by atoms with E-state index in [2.05, 4.69) is 10.3 Å². The zero-order valence-electron chi connectivity index (χ0n) is 13.9. The van der Waals surface area contributed by atoms with Gasteiger partial charge < -0.3 is 20.2 Å². The van der Waals surface area contributed by atoms with Gasteiger partial charge in [-0.1, -0.05) is 12.1 Å². The Morgan fingerprint density at radius 2 is 2.04 bits per heavy atom. The molecule has 1 aliphatic rings. The number of hydrogen-bond donors (Lipinski definition) is 2. The minimum absolute atomic E-state index is 0.0424. The number of aromatic nitrogens is 1. The van der Waals surface area contributed by atoms with E-state index in [0.717, 1.165) is 36.5 Å². The highest BCUT2D eigenvalue weighted by molar-refractivity contribution is 5.90. The molecule has 1 saturated heterocycles. The normalized spacial score (nSPS) is 16.9. The summed E-state index contributed by atoms with van der Waals surface area (Å²) in [6.07, 6.45) is 3.59. The summed E-state index contributed by atoms with van der Waals surface area (Å²) in [6.45, 7) is 0.725. The Balaban J connectivity index is 1.74. The van der Waals surface area contributed by atoms with Crippen molar-refractivity contribution in [1.82, 2.24) is 9.88 Å². The molecule has 1 aromatic heterocycles. The van der Waals surface area contributed by atoms with E-state index in [1.54, 1.807) is 24.4 Å². The Kier molecular flexibility index (Phi) is 4.55. The molecule has 2 N–H and O–H groups in total. The van der Waals surface area contributed by atoms with Crippen molar-refractivity contribution in [2.45, 2.75) is 18.9 Å². The Morgan fingerprint density at radius 1 is 1.29 bits per heavy atom. The summed E-state index contributed by atoms with van der Waals surface area (Å²) in [5.41, 5.74) is 1.78. The number of phenols is 1. The molecule has 1 fully saturated rings. The van der Waals surface area contributed by atoms with Gasteiger partial charge in [-0.3, -0.25) is 0 Å². The molecule has 0 spiro atoms. The number of urea groups is 1. The minimum atomic E-state index is -0.110. The van der Waals surface area contributed by atoms with Gasteiger partial charge in [-0.25, -0.2) is 9.78 Å². The van der Waals surface area contributed by atoms with Crippen molar-refractivity contribution < 1.29 is 9.90 Å². The van der Waals surface area contributed by atoms with E-state index in [0.29, 0.717) is 0 Å². The second-order valence-electron chi connectivity index (χ2n) is 6.17. The molecule has 6 heteroatoms. The Hall–Kier alpha value is -2.76. The molecule has 1 aromatic carbocycles. The van der Waals surface area contributed by atoms with Gasteiger partial charge in [0.25, 0.3) is 0 Å². The first-order chi connectivity index (χ1) is 11.5. The lowest BCUT2D eigenvalue weighted by Crippen LogP contribution is -2.34. The highest BCUT2D eigenvalue weighted by Crippen LogP contribution is 2.33. The summed E-state index contributed by atoms with van der Waals surface area (Å²) in [7, 11) is 3.82. The summed E-state index contributed by atoms with van der Waals surface area (Å²) in [6, 6.07) is 10.7. The molecule has 2 amide bonds. The molecule has 0 bridgehead atoms. The number of aromatic hydroxyl groups is 1. The van der Waals surface area contributed by atoms with E-state index in [4.69, 9.17) is 0 Å². The maximum absolute atomic E-state index is 12.7. The molecule has 2 heterocycles. The van der Waals surface area contributed by atoms with Crippen LogP contribution in [0.4, 0.5) is 16.3 Å². The van der Waals surface area contributed by atoms with E-state index < -0.39 is 0 Å². The molecular weight excluding hydrogens is 304 g/mol. The monoisotopic (exact) mass is 326 g/mol. The van der Waals surface area contributed by atoms with Crippen LogP contribution in [0.1, 0.15) is 24.4 Å². The van der Waals surface area contributed by atoms with Gasteiger partial charge in [-0.2, -0.15) is 0 Å². The SMILES string of the molecule is CN(C)c1cc(NC(=O)N2CCCC2c2ccc(O)cc2)ccn1. The van der Waals surface area contributed by atoms with Crippen molar-refractivity contribution in [3.8, 4) is 5.75 Å². The average Bonchev–Trinajstić information content (AvgIpc) is 3.05. The van der Waals surface area contributed by atoms with Gasteiger partial charge in [0.15, 0.2) is 0 Å². The first-order valence-electron chi connectivity index (χ1n) is 8.04. The number of likely N-dealkylation sites (tertiary alicyclic amines) is 1. The number of nitrogens with zero attached hydrogens (tertiary/aromatic N) is 3. The summed E-state index contributed by atoms with van der Waals surface area (Å²) in [5, 5.41) is 12.4. The zero-order chi connectivity index (χ0) is 17.1. The van der Waals surface area contributed by atoms with Crippen molar-refractivity contribution in [3.05, 3.63) is 48.2 Å². The first-order valence-corrected chi connectivity index (χ1v) is 8.04. The van der Waals surface area contributed by atoms with Crippen molar-refractivity contribution in [2.24, 2.45) is 0 Å². The van der Waals surface area contributed by atoms with Crippen molar-refractivity contribution in [2.75, 3.05) is 30.9 Å². The predicted octanol–water partition coefficient (Wildman–Crippen LogP) is 3.22. The van der Waals surface area contributed by atoms with Gasteiger partial charge in [0, 0.05) is 38.6 Å². The van der Waals surface area contributed by atoms with Crippen LogP contribution in [0.15, 0.2) is 42.6 Å². The third-order valence-corrected chi connectivity index (χ3v) is 4.25. The molecule has 6 nitrogen and oxygen atoms in total. The number of carbonyl (C=O) groups is 1. The van der Waals surface area contributed by atoms with Crippen LogP contribution in [0, 0.1) is 0 Å². The lowest BCUT2D eigenvalue weighted by Gasteiger charge is -2.25. The summed E-state index contributed by atoms with van der Waals surface area (Å²) in [4.78, 5) is 20.7. The number of rotatable bonds is 3. The van der Waals surface area contributed by atoms with Gasteiger partial charge in [0.1, 0.15) is 11.6 Å². The molecule has 24 heavy (non-hydrogen) atoms. The average molecular weight is 326 g/mol. The molecule has 1 aliphatic heterocycles. The fourth-order valence-corrected chi connectivity index (χ4v) is 2.99. The lowest BCUT2D eigenvalue weighted by molar-refractivity contribution is 0.207. The molecule has 0 saturated carbocycles. The number of hydrogen-bond acceptors (Lipinski definition) is 4. The van der Waals surface area contributed by atoms with Gasteiger partial charge in [-0.15, -0.1) is 0 Å². The highest BCUT2D eigenvalue weighted by atomic mass is 16.3. The van der Waals surface area contributed by atoms with E-state index in [-0.39, 0.29) is 17.8 Å². The Bertz CT molecular complexity index is 715. The van der Waals surface area contributed by atoms with Gasteiger partial charge >= 0.3 is 6.03 Å². The zero-order valence-corrected chi connectivity index (χ0v) is 13.9. The third-order valence-electron chi connectivity index (χ3n) is 4.25. The van der Waals surface area contributed by atoms with Crippen LogP contribution in [0.3, 0.4) is 0 Å². The maximum Gasteiger partial charge on any atom is 0.322 e. The maximum atomic E-state index is 12.7. The van der Waals surface area contributed by atoms with Crippen LogP contribution < -0.4 is 10.2 Å². The van der Waals surface area contributed by atoms with E-state index in [1.165, 1.54) is 0 Å². The fraction of sp³-hybridized carbons (Fsp3) is 0.333. The highest BCUT2D eigenvalue weighted by Gasteiger charge is 2.30. The van der Waals surface area contributed by atoms with Crippen LogP contribution in [0.5, 0.6) is 5.75 Å². The standard InChI is InChI=1S/C18H22N4O2/c1-21(2)17-12-14(9-10-19-17)20-18(24)22-11-3-4-16(22)13-5-7-15(23)8-6-13/h5-10,12,16,23H,3-4,11H2,1-2H3,(H,19,20,24). The molecule has 126 valence electrons. The molecule has 1 unspecified atom stereocenters. The number of phenolic OH excluding ortho intramolecular Hbond substituents is 1. The smallest absolute Gasteiger partial charge is 0.322 e. The lowest BCUT2D eigenvalue weighted by atomic mass is 10.0. The van der Waals surface area contributed by atoms with Crippen LogP contribution >= 0.6 is 0 Å². The number of nitrogens with one attached hydrogen (secondary N) is 1. The summed E-state index contributed by atoms with van der Waals surface area (Å²) in [5.74, 6) is 1.03. The second kappa shape index (κ2) is 6.78. The van der Waals surface area contributed by atoms with Crippen molar-refractivity contribution in [3.63, 3.8) is 0 Å². The number of carbonyl (C=O) groups excluding carboxylic acids is 1. The number of anilines is 2. The molecule has 3 rings (SSSR count). The topological polar surface area (TPSA) is 68.7 Å². The van der Waals surface area contributed by atoms with E-state index in [9.17, 15) is 9.90 Å². The quantitative estimate of drug-likeness (QED) is 0.909. The number of pyridine rings is 1. The largest absolute Gasteiger partial charge is 0.508 e. The summed E-state index contributed by atoms with van der Waals surface area (Å²) >= 11 is 0. The third kappa shape index (κ3) is 3.42.